The van der Waals surface area contributed by atoms with Gasteiger partial charge in [-0.3, -0.25) is 19.3 Å². The van der Waals surface area contributed by atoms with Crippen molar-refractivity contribution in [2.24, 2.45) is 23.7 Å². The number of likely N-dealkylation sites (tertiary alicyclic amines) is 1. The average Bonchev–Trinajstić information content (AvgIpc) is 2.96. The fourth-order valence-electron chi connectivity index (χ4n) is 4.79. The number of hydrogen-bond acceptors (Lipinski definition) is 3. The van der Waals surface area contributed by atoms with Crippen LogP contribution in [0.2, 0.25) is 0 Å². The number of hydrogen-bond donors (Lipinski definition) is 1. The SMILES string of the molecule is CC[C@H](C(=O)NCc1ccccc1)N1C(=O)[C@@H]2[C@@H](C1=O)[C@H]1C=C[C@H]2CC1. The Kier molecular flexibility index (Phi) is 4.39. The van der Waals surface area contributed by atoms with Crippen LogP contribution in [0.3, 0.4) is 0 Å². The Hall–Kier alpha value is -2.43. The van der Waals surface area contributed by atoms with Crippen molar-refractivity contribution in [1.29, 1.82) is 0 Å². The highest BCUT2D eigenvalue weighted by Gasteiger charge is 2.58. The summed E-state index contributed by atoms with van der Waals surface area (Å²) in [5, 5.41) is 2.89. The number of carbonyl (C=O) groups is 3. The highest BCUT2D eigenvalue weighted by molar-refractivity contribution is 6.09. The van der Waals surface area contributed by atoms with Crippen LogP contribution in [0.25, 0.3) is 0 Å². The largest absolute Gasteiger partial charge is 0.350 e. The lowest BCUT2D eigenvalue weighted by Gasteiger charge is -2.38. The second kappa shape index (κ2) is 6.71. The van der Waals surface area contributed by atoms with E-state index in [1.54, 1.807) is 0 Å². The van der Waals surface area contributed by atoms with Crippen LogP contribution in [0.5, 0.6) is 0 Å². The third-order valence-electron chi connectivity index (χ3n) is 6.10. The Morgan fingerprint density at radius 3 is 2.15 bits per heavy atom. The van der Waals surface area contributed by atoms with Gasteiger partial charge in [-0.05, 0) is 36.7 Å². The molecule has 0 radical (unpaired) electrons. The molecule has 0 aromatic heterocycles. The summed E-state index contributed by atoms with van der Waals surface area (Å²) >= 11 is 0. The molecule has 5 nitrogen and oxygen atoms in total. The zero-order valence-electron chi connectivity index (χ0n) is 14.9. The maximum absolute atomic E-state index is 13.0. The van der Waals surface area contributed by atoms with Crippen molar-refractivity contribution in [3.63, 3.8) is 0 Å². The van der Waals surface area contributed by atoms with Gasteiger partial charge in [-0.15, -0.1) is 0 Å². The zero-order chi connectivity index (χ0) is 18.3. The summed E-state index contributed by atoms with van der Waals surface area (Å²) < 4.78 is 0. The molecule has 1 saturated carbocycles. The molecule has 2 bridgehead atoms. The van der Waals surface area contributed by atoms with Gasteiger partial charge in [0, 0.05) is 6.54 Å². The van der Waals surface area contributed by atoms with Gasteiger partial charge in [0.25, 0.3) is 0 Å². The summed E-state index contributed by atoms with van der Waals surface area (Å²) in [6, 6.07) is 8.91. The molecule has 3 amide bonds. The van der Waals surface area contributed by atoms with Crippen LogP contribution in [-0.2, 0) is 20.9 Å². The predicted molar refractivity (Wildman–Crippen MR) is 96.6 cm³/mol. The van der Waals surface area contributed by atoms with Gasteiger partial charge >= 0.3 is 0 Å². The van der Waals surface area contributed by atoms with Gasteiger partial charge in [0.05, 0.1) is 11.8 Å². The van der Waals surface area contributed by atoms with Crippen LogP contribution in [0.1, 0.15) is 31.7 Å². The van der Waals surface area contributed by atoms with E-state index in [9.17, 15) is 14.4 Å². The van der Waals surface area contributed by atoms with Crippen LogP contribution in [-0.4, -0.2) is 28.7 Å². The number of rotatable bonds is 5. The quantitative estimate of drug-likeness (QED) is 0.653. The second-order valence-corrected chi connectivity index (χ2v) is 7.52. The van der Waals surface area contributed by atoms with E-state index in [0.29, 0.717) is 13.0 Å². The highest BCUT2D eigenvalue weighted by Crippen LogP contribution is 2.50. The third-order valence-corrected chi connectivity index (χ3v) is 6.10. The van der Waals surface area contributed by atoms with Crippen molar-refractivity contribution in [3.05, 3.63) is 48.0 Å². The number of nitrogens with zero attached hydrogens (tertiary/aromatic N) is 1. The number of benzene rings is 1. The normalized spacial score (nSPS) is 30.4. The van der Waals surface area contributed by atoms with Crippen molar-refractivity contribution in [2.45, 2.75) is 38.8 Å². The molecule has 5 rings (SSSR count). The van der Waals surface area contributed by atoms with E-state index in [4.69, 9.17) is 0 Å². The molecule has 3 aliphatic carbocycles. The number of imide groups is 1. The molecule has 4 aliphatic rings. The Morgan fingerprint density at radius 2 is 1.65 bits per heavy atom. The minimum Gasteiger partial charge on any atom is -0.350 e. The minimum atomic E-state index is -0.719. The molecule has 0 spiro atoms. The number of carbonyl (C=O) groups excluding carboxylic acids is 3. The molecule has 1 aromatic carbocycles. The molecule has 136 valence electrons. The summed E-state index contributed by atoms with van der Waals surface area (Å²) in [7, 11) is 0. The summed E-state index contributed by atoms with van der Waals surface area (Å²) in [6.45, 7) is 2.24. The Bertz CT molecular complexity index is 726. The number of allylic oxidation sites excluding steroid dienone is 2. The first-order valence-electron chi connectivity index (χ1n) is 9.48. The van der Waals surface area contributed by atoms with Gasteiger partial charge in [0.1, 0.15) is 6.04 Å². The Balaban J connectivity index is 1.50. The first-order chi connectivity index (χ1) is 12.6. The maximum atomic E-state index is 13.0. The number of nitrogens with one attached hydrogen (secondary N) is 1. The number of fused-ring (bicyclic) bond motifs is 1. The molecule has 2 fully saturated rings. The fraction of sp³-hybridized carbons (Fsp3) is 0.476. The summed E-state index contributed by atoms with van der Waals surface area (Å²) in [4.78, 5) is 40.0. The van der Waals surface area contributed by atoms with E-state index in [0.717, 1.165) is 18.4 Å². The molecule has 26 heavy (non-hydrogen) atoms. The highest BCUT2D eigenvalue weighted by atomic mass is 16.2. The lowest BCUT2D eigenvalue weighted by atomic mass is 9.63. The molecule has 1 saturated heterocycles. The third kappa shape index (κ3) is 2.66. The molecule has 1 heterocycles. The first kappa shape index (κ1) is 17.0. The molecule has 0 unspecified atom stereocenters. The van der Waals surface area contributed by atoms with Gasteiger partial charge in [-0.25, -0.2) is 0 Å². The van der Waals surface area contributed by atoms with Crippen LogP contribution in [0, 0.1) is 23.7 Å². The Morgan fingerprint density at radius 1 is 1.08 bits per heavy atom. The number of amides is 3. The monoisotopic (exact) mass is 352 g/mol. The summed E-state index contributed by atoms with van der Waals surface area (Å²) in [5.41, 5.74) is 0.991. The fourth-order valence-corrected chi connectivity index (χ4v) is 4.79. The van der Waals surface area contributed by atoms with E-state index in [1.165, 1.54) is 4.90 Å². The van der Waals surface area contributed by atoms with E-state index in [-0.39, 0.29) is 41.4 Å². The van der Waals surface area contributed by atoms with Crippen molar-refractivity contribution in [3.8, 4) is 0 Å². The standard InChI is InChI=1S/C21H24N2O3/c1-2-16(19(24)22-12-13-6-4-3-5-7-13)23-20(25)17-14-8-9-15(11-10-14)18(17)21(23)26/h3-9,14-18H,2,10-12H2,1H3,(H,22,24)/t14-,15-,16+,17-,18-/m0/s1. The molecule has 1 aliphatic heterocycles. The summed E-state index contributed by atoms with van der Waals surface area (Å²) in [5.74, 6) is -0.782. The molecule has 1 N–H and O–H groups in total. The van der Waals surface area contributed by atoms with Crippen molar-refractivity contribution >= 4 is 17.7 Å². The van der Waals surface area contributed by atoms with Gasteiger partial charge in [-0.1, -0.05) is 49.4 Å². The maximum Gasteiger partial charge on any atom is 0.243 e. The topological polar surface area (TPSA) is 66.5 Å². The molecule has 5 heteroatoms. The van der Waals surface area contributed by atoms with Gasteiger partial charge in [0.15, 0.2) is 0 Å². The zero-order valence-corrected chi connectivity index (χ0v) is 14.9. The van der Waals surface area contributed by atoms with Crippen LogP contribution in [0.15, 0.2) is 42.5 Å². The average molecular weight is 352 g/mol. The Labute approximate surface area is 153 Å². The van der Waals surface area contributed by atoms with Crippen molar-refractivity contribution < 1.29 is 14.4 Å². The molecule has 5 atom stereocenters. The first-order valence-corrected chi connectivity index (χ1v) is 9.48. The molecule has 1 aromatic rings. The van der Waals surface area contributed by atoms with Gasteiger partial charge in [0.2, 0.25) is 17.7 Å². The lowest BCUT2D eigenvalue weighted by molar-refractivity contribution is -0.148. The van der Waals surface area contributed by atoms with E-state index < -0.39 is 6.04 Å². The van der Waals surface area contributed by atoms with Crippen LogP contribution < -0.4 is 5.32 Å². The van der Waals surface area contributed by atoms with Crippen molar-refractivity contribution in [2.75, 3.05) is 0 Å². The van der Waals surface area contributed by atoms with E-state index in [1.807, 2.05) is 37.3 Å². The molecular weight excluding hydrogens is 328 g/mol. The van der Waals surface area contributed by atoms with Crippen molar-refractivity contribution in [1.82, 2.24) is 10.2 Å². The van der Waals surface area contributed by atoms with Crippen LogP contribution >= 0.6 is 0 Å². The van der Waals surface area contributed by atoms with Crippen LogP contribution in [0.4, 0.5) is 0 Å². The summed E-state index contributed by atoms with van der Waals surface area (Å²) in [6.07, 6.45) is 6.56. The minimum absolute atomic E-state index is 0.149. The van der Waals surface area contributed by atoms with E-state index in [2.05, 4.69) is 17.5 Å². The van der Waals surface area contributed by atoms with E-state index >= 15 is 0 Å². The lowest BCUT2D eigenvalue weighted by Crippen LogP contribution is -2.49. The van der Waals surface area contributed by atoms with Gasteiger partial charge < -0.3 is 5.32 Å². The molecular formula is C21H24N2O3. The predicted octanol–water partition coefficient (Wildman–Crippen LogP) is 2.28. The smallest absolute Gasteiger partial charge is 0.243 e. The second-order valence-electron chi connectivity index (χ2n) is 7.52. The van der Waals surface area contributed by atoms with Gasteiger partial charge in [-0.2, -0.15) is 0 Å².